The van der Waals surface area contributed by atoms with Crippen LogP contribution >= 0.6 is 11.6 Å². The highest BCUT2D eigenvalue weighted by molar-refractivity contribution is 6.33. The molecule has 0 aliphatic carbocycles. The predicted octanol–water partition coefficient (Wildman–Crippen LogP) is 3.58. The summed E-state index contributed by atoms with van der Waals surface area (Å²) in [6.45, 7) is 4.13. The van der Waals surface area contributed by atoms with E-state index in [1.54, 1.807) is 0 Å². The smallest absolute Gasteiger partial charge is 0.243 e. The maximum absolute atomic E-state index is 13.0. The van der Waals surface area contributed by atoms with E-state index in [4.69, 9.17) is 21.9 Å². The second-order valence-electron chi connectivity index (χ2n) is 4.82. The first kappa shape index (κ1) is 14.0. The topological polar surface area (TPSA) is 64.9 Å². The highest BCUT2D eigenvalue weighted by Gasteiger charge is 2.18. The van der Waals surface area contributed by atoms with E-state index < -0.39 is 5.82 Å². The van der Waals surface area contributed by atoms with Crippen molar-refractivity contribution in [3.8, 4) is 11.4 Å². The lowest BCUT2D eigenvalue weighted by Crippen LogP contribution is -2.13. The second-order valence-corrected chi connectivity index (χ2v) is 5.22. The van der Waals surface area contributed by atoms with Crippen molar-refractivity contribution in [1.82, 2.24) is 10.1 Å². The molecule has 2 rings (SSSR count). The molecule has 1 atom stereocenters. The molecular weight excluding hydrogens is 269 g/mol. The Morgan fingerprint density at radius 3 is 2.79 bits per heavy atom. The van der Waals surface area contributed by atoms with Crippen LogP contribution in [0.2, 0.25) is 5.02 Å². The molecule has 0 radical (unpaired) electrons. The molecule has 0 bridgehead atoms. The molecule has 6 heteroatoms. The number of nitrogens with zero attached hydrogens (tertiary/aromatic N) is 2. The number of hydrogen-bond acceptors (Lipinski definition) is 4. The highest BCUT2D eigenvalue weighted by Crippen LogP contribution is 2.27. The van der Waals surface area contributed by atoms with Crippen molar-refractivity contribution in [1.29, 1.82) is 0 Å². The van der Waals surface area contributed by atoms with Crippen LogP contribution in [0.4, 0.5) is 4.39 Å². The van der Waals surface area contributed by atoms with Gasteiger partial charge in [-0.25, -0.2) is 4.39 Å². The Labute approximate surface area is 115 Å². The van der Waals surface area contributed by atoms with E-state index in [0.717, 1.165) is 6.42 Å². The number of hydrogen-bond donors (Lipinski definition) is 1. The minimum absolute atomic E-state index is 0.241. The van der Waals surface area contributed by atoms with Crippen molar-refractivity contribution in [2.75, 3.05) is 0 Å². The van der Waals surface area contributed by atoms with Crippen LogP contribution in [0.1, 0.15) is 32.2 Å². The Bertz CT molecular complexity index is 571. The van der Waals surface area contributed by atoms with Crippen molar-refractivity contribution in [2.24, 2.45) is 11.7 Å². The molecule has 2 aromatic rings. The van der Waals surface area contributed by atoms with Gasteiger partial charge in [-0.05, 0) is 30.5 Å². The van der Waals surface area contributed by atoms with Gasteiger partial charge >= 0.3 is 0 Å². The van der Waals surface area contributed by atoms with Gasteiger partial charge in [-0.1, -0.05) is 30.6 Å². The van der Waals surface area contributed by atoms with Gasteiger partial charge in [0.25, 0.3) is 0 Å². The molecule has 0 aliphatic rings. The van der Waals surface area contributed by atoms with Gasteiger partial charge in [0.15, 0.2) is 0 Å². The van der Waals surface area contributed by atoms with Gasteiger partial charge < -0.3 is 10.3 Å². The van der Waals surface area contributed by atoms with E-state index in [0.29, 0.717) is 23.2 Å². The van der Waals surface area contributed by atoms with Crippen molar-refractivity contribution in [2.45, 2.75) is 26.3 Å². The molecule has 102 valence electrons. The minimum Gasteiger partial charge on any atom is -0.337 e. The summed E-state index contributed by atoms with van der Waals surface area (Å²) in [7, 11) is 0. The van der Waals surface area contributed by atoms with Crippen molar-refractivity contribution >= 4 is 11.6 Å². The molecule has 0 fully saturated rings. The van der Waals surface area contributed by atoms with Crippen molar-refractivity contribution in [3.63, 3.8) is 0 Å². The first-order chi connectivity index (χ1) is 8.97. The summed E-state index contributed by atoms with van der Waals surface area (Å²) in [6, 6.07) is 3.72. The predicted molar refractivity (Wildman–Crippen MR) is 71.1 cm³/mol. The molecule has 0 unspecified atom stereocenters. The fraction of sp³-hybridized carbons (Fsp3) is 0.385. The zero-order chi connectivity index (χ0) is 14.0. The lowest BCUT2D eigenvalue weighted by Gasteiger charge is -2.08. The third kappa shape index (κ3) is 3.30. The molecule has 2 N–H and O–H groups in total. The summed E-state index contributed by atoms with van der Waals surface area (Å²) in [5, 5.41) is 4.07. The van der Waals surface area contributed by atoms with Gasteiger partial charge in [-0.3, -0.25) is 0 Å². The zero-order valence-corrected chi connectivity index (χ0v) is 11.5. The van der Waals surface area contributed by atoms with Crippen LogP contribution in [-0.4, -0.2) is 10.1 Å². The number of rotatable bonds is 4. The molecule has 1 aromatic heterocycles. The van der Waals surface area contributed by atoms with Crippen molar-refractivity contribution < 1.29 is 8.91 Å². The Kier molecular flexibility index (Phi) is 4.17. The Hall–Kier alpha value is -1.46. The number of aromatic nitrogens is 2. The van der Waals surface area contributed by atoms with Gasteiger partial charge in [0.2, 0.25) is 11.7 Å². The fourth-order valence-corrected chi connectivity index (χ4v) is 2.03. The lowest BCUT2D eigenvalue weighted by molar-refractivity contribution is 0.335. The third-order valence-electron chi connectivity index (χ3n) is 2.66. The van der Waals surface area contributed by atoms with Crippen LogP contribution in [0.3, 0.4) is 0 Å². The maximum Gasteiger partial charge on any atom is 0.243 e. The first-order valence-corrected chi connectivity index (χ1v) is 6.39. The molecule has 1 heterocycles. The number of nitrogens with two attached hydrogens (primary N) is 1. The van der Waals surface area contributed by atoms with Gasteiger partial charge in [0.1, 0.15) is 5.82 Å². The van der Waals surface area contributed by atoms with Crippen LogP contribution in [0.25, 0.3) is 11.4 Å². The molecule has 1 aromatic carbocycles. The number of halogens is 2. The minimum atomic E-state index is -0.408. The first-order valence-electron chi connectivity index (χ1n) is 6.02. The largest absolute Gasteiger partial charge is 0.337 e. The zero-order valence-electron chi connectivity index (χ0n) is 10.7. The van der Waals surface area contributed by atoms with E-state index in [1.807, 2.05) is 0 Å². The van der Waals surface area contributed by atoms with E-state index in [-0.39, 0.29) is 11.1 Å². The number of benzene rings is 1. The van der Waals surface area contributed by atoms with Gasteiger partial charge in [0.05, 0.1) is 11.1 Å². The van der Waals surface area contributed by atoms with E-state index in [2.05, 4.69) is 24.0 Å². The van der Waals surface area contributed by atoms with Crippen LogP contribution in [0.15, 0.2) is 22.7 Å². The SMILES string of the molecule is CC(C)C[C@@H](N)c1nc(-c2ccc(F)cc2Cl)no1. The summed E-state index contributed by atoms with van der Waals surface area (Å²) < 4.78 is 18.1. The monoisotopic (exact) mass is 283 g/mol. The van der Waals surface area contributed by atoms with Gasteiger partial charge in [-0.2, -0.15) is 4.98 Å². The Morgan fingerprint density at radius 1 is 1.42 bits per heavy atom. The summed E-state index contributed by atoms with van der Waals surface area (Å²) in [5.74, 6) is 0.706. The molecule has 19 heavy (non-hydrogen) atoms. The molecule has 0 saturated carbocycles. The summed E-state index contributed by atoms with van der Waals surface area (Å²) >= 11 is 5.94. The molecule has 0 saturated heterocycles. The van der Waals surface area contributed by atoms with Crippen LogP contribution in [0.5, 0.6) is 0 Å². The molecule has 4 nitrogen and oxygen atoms in total. The third-order valence-corrected chi connectivity index (χ3v) is 2.97. The molecule has 0 amide bonds. The van der Waals surface area contributed by atoms with Crippen molar-refractivity contribution in [3.05, 3.63) is 34.9 Å². The van der Waals surface area contributed by atoms with Crippen LogP contribution in [-0.2, 0) is 0 Å². The van der Waals surface area contributed by atoms with Crippen LogP contribution in [0, 0.1) is 11.7 Å². The average molecular weight is 284 g/mol. The van der Waals surface area contributed by atoms with E-state index in [9.17, 15) is 4.39 Å². The summed E-state index contributed by atoms with van der Waals surface area (Å²) in [4.78, 5) is 4.21. The highest BCUT2D eigenvalue weighted by atomic mass is 35.5. The van der Waals surface area contributed by atoms with Crippen LogP contribution < -0.4 is 5.73 Å². The Morgan fingerprint density at radius 2 is 2.16 bits per heavy atom. The maximum atomic E-state index is 13.0. The van der Waals surface area contributed by atoms with E-state index in [1.165, 1.54) is 18.2 Å². The van der Waals surface area contributed by atoms with E-state index >= 15 is 0 Å². The summed E-state index contributed by atoms with van der Waals surface area (Å²) in [6.07, 6.45) is 0.749. The normalized spacial score (nSPS) is 12.9. The van der Waals surface area contributed by atoms with Gasteiger partial charge in [-0.15, -0.1) is 0 Å². The molecule has 0 aliphatic heterocycles. The Balaban J connectivity index is 2.25. The summed E-state index contributed by atoms with van der Waals surface area (Å²) in [5.41, 5.74) is 6.48. The average Bonchev–Trinajstić information content (AvgIpc) is 2.77. The molecular formula is C13H15ClFN3O. The standard InChI is InChI=1S/C13H15ClFN3O/c1-7(2)5-11(16)13-17-12(18-19-13)9-4-3-8(15)6-10(9)14/h3-4,6-7,11H,5,16H2,1-2H3/t11-/m1/s1. The fourth-order valence-electron chi connectivity index (χ4n) is 1.77. The molecule has 0 spiro atoms. The lowest BCUT2D eigenvalue weighted by atomic mass is 10.0. The second kappa shape index (κ2) is 5.67. The quantitative estimate of drug-likeness (QED) is 0.931. The van der Waals surface area contributed by atoms with Gasteiger partial charge in [0, 0.05) is 5.56 Å².